The molecule has 2 aliphatic rings. The summed E-state index contributed by atoms with van der Waals surface area (Å²) in [6.07, 6.45) is 5.45. The Morgan fingerprint density at radius 3 is 1.28 bits per heavy atom. The number of likely N-dealkylation sites (tertiary alicyclic amines) is 2. The molecular formula is C50H58Cl2N6O2. The van der Waals surface area contributed by atoms with Gasteiger partial charge in [-0.15, -0.1) is 0 Å². The summed E-state index contributed by atoms with van der Waals surface area (Å²) in [5, 5.41) is 15.2. The third-order valence-electron chi connectivity index (χ3n) is 14.0. The van der Waals surface area contributed by atoms with Crippen LogP contribution in [0.5, 0.6) is 11.5 Å². The zero-order valence-corrected chi connectivity index (χ0v) is 36.9. The zero-order valence-electron chi connectivity index (χ0n) is 35.4. The Labute approximate surface area is 365 Å². The fourth-order valence-electron chi connectivity index (χ4n) is 10.7. The fourth-order valence-corrected chi connectivity index (χ4v) is 10.7. The quantitative estimate of drug-likeness (QED) is 0.195. The third kappa shape index (κ3) is 7.79. The fraction of sp³-hybridized carbons (Fsp3) is 0.360. The number of ether oxygens (including phenoxy) is 2. The van der Waals surface area contributed by atoms with E-state index in [2.05, 4.69) is 141 Å². The first-order valence-corrected chi connectivity index (χ1v) is 21.5. The lowest BCUT2D eigenvalue weighted by atomic mass is 9.79. The van der Waals surface area contributed by atoms with Gasteiger partial charge in [-0.3, -0.25) is 9.80 Å². The molecule has 6 aromatic carbocycles. The van der Waals surface area contributed by atoms with E-state index in [4.69, 9.17) is 9.47 Å². The minimum absolute atomic E-state index is 0. The first-order valence-electron chi connectivity index (χ1n) is 21.5. The lowest BCUT2D eigenvalue weighted by Crippen LogP contribution is -3.00. The van der Waals surface area contributed by atoms with Gasteiger partial charge in [0.1, 0.15) is 22.9 Å². The van der Waals surface area contributed by atoms with Gasteiger partial charge in [0.15, 0.2) is 0 Å². The molecular weight excluding hydrogens is 787 g/mol. The van der Waals surface area contributed by atoms with Gasteiger partial charge in [0.25, 0.3) is 0 Å². The SMILES string of the molecule is COc1ccc2c(c1)c1c3ccc([NH2+]CCN4CCC(C5CCN(CC[NH2+]c6ccc7c(ccc8c7c7cc(OC)ccc7n8C)c6)CC5)CC4)cc3ccc1n2C.[Cl-].[Cl-]. The summed E-state index contributed by atoms with van der Waals surface area (Å²) in [5.74, 6) is 3.60. The third-order valence-corrected chi connectivity index (χ3v) is 14.0. The van der Waals surface area contributed by atoms with E-state index in [1.54, 1.807) is 14.2 Å². The molecule has 10 rings (SSSR count). The van der Waals surface area contributed by atoms with E-state index in [0.717, 1.165) is 49.5 Å². The number of aromatic nitrogens is 2. The minimum atomic E-state index is 0. The number of benzene rings is 6. The largest absolute Gasteiger partial charge is 1.00 e. The molecule has 2 aliphatic heterocycles. The molecule has 0 aliphatic carbocycles. The summed E-state index contributed by atoms with van der Waals surface area (Å²) in [7, 11) is 7.81. The molecule has 8 nitrogen and oxygen atoms in total. The molecule has 60 heavy (non-hydrogen) atoms. The molecule has 0 saturated carbocycles. The van der Waals surface area contributed by atoms with Crippen LogP contribution in [0, 0.1) is 11.8 Å². The summed E-state index contributed by atoms with van der Waals surface area (Å²) in [6, 6.07) is 35.9. The summed E-state index contributed by atoms with van der Waals surface area (Å²) < 4.78 is 15.7. The van der Waals surface area contributed by atoms with Crippen molar-refractivity contribution in [2.24, 2.45) is 25.9 Å². The molecule has 2 aromatic heterocycles. The van der Waals surface area contributed by atoms with Crippen LogP contribution < -0.4 is 44.9 Å². The second-order valence-corrected chi connectivity index (χ2v) is 17.1. The van der Waals surface area contributed by atoms with Gasteiger partial charge in [-0.25, -0.2) is 0 Å². The van der Waals surface area contributed by atoms with Gasteiger partial charge in [0, 0.05) is 82.9 Å². The van der Waals surface area contributed by atoms with Crippen LogP contribution in [0.3, 0.4) is 0 Å². The monoisotopic (exact) mass is 844 g/mol. The normalized spacial score (nSPS) is 16.0. The van der Waals surface area contributed by atoms with Crippen LogP contribution in [0.25, 0.3) is 65.2 Å². The smallest absolute Gasteiger partial charge is 0.130 e. The second-order valence-electron chi connectivity index (χ2n) is 17.1. The number of rotatable bonds is 11. The second kappa shape index (κ2) is 17.8. The molecule has 4 N–H and O–H groups in total. The van der Waals surface area contributed by atoms with E-state index in [1.807, 2.05) is 0 Å². The molecule has 0 atom stereocenters. The number of fused-ring (bicyclic) bond motifs is 10. The lowest BCUT2D eigenvalue weighted by molar-refractivity contribution is -0.571. The van der Waals surface area contributed by atoms with Gasteiger partial charge in [0.2, 0.25) is 0 Å². The molecule has 4 heterocycles. The van der Waals surface area contributed by atoms with Crippen molar-refractivity contribution in [1.82, 2.24) is 18.9 Å². The Kier molecular flexibility index (Phi) is 12.5. The van der Waals surface area contributed by atoms with Crippen LogP contribution in [-0.2, 0) is 14.1 Å². The zero-order chi connectivity index (χ0) is 39.3. The molecule has 314 valence electrons. The first kappa shape index (κ1) is 42.2. The number of nitrogens with zero attached hydrogens (tertiary/aromatic N) is 4. The molecule has 0 unspecified atom stereocenters. The van der Waals surface area contributed by atoms with Crippen LogP contribution in [0.15, 0.2) is 97.1 Å². The lowest BCUT2D eigenvalue weighted by Gasteiger charge is -2.40. The standard InChI is InChI=1S/C50H56N6O2.2ClH/c1-53-45-15-9-39(57-3)31-43(45)49-41-11-7-37(29-35(41)5-13-47(49)53)51-21-27-55-23-17-33(18-24-55)34-19-25-56(26-20-34)28-22-52-38-8-12-42-36(30-38)6-14-48-50(42)44-32-40(58-4)10-16-46(44)54(48)2;;/h5-16,29-34,51-52H,17-28H2,1-4H3;2*1H. The van der Waals surface area contributed by atoms with Gasteiger partial charge in [-0.1, -0.05) is 12.1 Å². The maximum atomic E-state index is 5.57. The number of nitrogens with two attached hydrogens (primary N) is 2. The van der Waals surface area contributed by atoms with Crippen LogP contribution in [0.2, 0.25) is 0 Å². The number of piperidine rings is 2. The maximum absolute atomic E-state index is 5.57. The molecule has 0 spiro atoms. The number of quaternary nitrogens is 2. The predicted octanol–water partition coefficient (Wildman–Crippen LogP) is 1.82. The van der Waals surface area contributed by atoms with E-state index in [-0.39, 0.29) is 24.8 Å². The van der Waals surface area contributed by atoms with Crippen molar-refractivity contribution in [2.75, 3.05) is 66.6 Å². The summed E-state index contributed by atoms with van der Waals surface area (Å²) >= 11 is 0. The number of methoxy groups -OCH3 is 2. The van der Waals surface area contributed by atoms with Crippen LogP contribution >= 0.6 is 0 Å². The Morgan fingerprint density at radius 2 is 0.883 bits per heavy atom. The van der Waals surface area contributed by atoms with E-state index in [1.165, 1.54) is 128 Å². The Morgan fingerprint density at radius 1 is 0.483 bits per heavy atom. The Hall–Kier alpha value is -4.54. The summed E-state index contributed by atoms with van der Waals surface area (Å²) in [4.78, 5) is 5.42. The Balaban J connectivity index is 0.00000249. The van der Waals surface area contributed by atoms with Gasteiger partial charge < -0.3 is 54.1 Å². The van der Waals surface area contributed by atoms with Crippen molar-refractivity contribution in [3.05, 3.63) is 97.1 Å². The predicted molar refractivity (Wildman–Crippen MR) is 240 cm³/mol. The van der Waals surface area contributed by atoms with Gasteiger partial charge in [-0.2, -0.15) is 0 Å². The molecule has 2 saturated heterocycles. The Bertz CT molecular complexity index is 2610. The van der Waals surface area contributed by atoms with Crippen molar-refractivity contribution in [3.8, 4) is 11.5 Å². The molecule has 10 heteroatoms. The van der Waals surface area contributed by atoms with E-state index in [0.29, 0.717) is 0 Å². The van der Waals surface area contributed by atoms with E-state index < -0.39 is 0 Å². The number of aryl methyl sites for hydroxylation is 2. The van der Waals surface area contributed by atoms with Crippen molar-refractivity contribution < 1.29 is 44.9 Å². The highest BCUT2D eigenvalue weighted by molar-refractivity contribution is 6.22. The molecule has 2 fully saturated rings. The van der Waals surface area contributed by atoms with Crippen LogP contribution in [0.4, 0.5) is 11.4 Å². The van der Waals surface area contributed by atoms with Gasteiger partial charge in [-0.05, 0) is 158 Å². The van der Waals surface area contributed by atoms with Gasteiger partial charge >= 0.3 is 0 Å². The average Bonchev–Trinajstić information content (AvgIpc) is 3.72. The molecule has 0 radical (unpaired) electrons. The highest BCUT2D eigenvalue weighted by Gasteiger charge is 2.30. The molecule has 0 bridgehead atoms. The van der Waals surface area contributed by atoms with E-state index in [9.17, 15) is 0 Å². The first-order chi connectivity index (χ1) is 28.4. The van der Waals surface area contributed by atoms with E-state index >= 15 is 0 Å². The number of halogens is 2. The minimum Gasteiger partial charge on any atom is -1.00 e. The highest BCUT2D eigenvalue weighted by atomic mass is 35.5. The van der Waals surface area contributed by atoms with Gasteiger partial charge in [0.05, 0.1) is 27.3 Å². The molecule has 0 amide bonds. The van der Waals surface area contributed by atoms with Crippen LogP contribution in [-0.4, -0.2) is 85.5 Å². The number of hydrogen-bond acceptors (Lipinski definition) is 4. The van der Waals surface area contributed by atoms with Crippen molar-refractivity contribution in [2.45, 2.75) is 25.7 Å². The average molecular weight is 846 g/mol. The van der Waals surface area contributed by atoms with Crippen molar-refractivity contribution >= 4 is 76.5 Å². The van der Waals surface area contributed by atoms with Crippen LogP contribution in [0.1, 0.15) is 25.7 Å². The molecule has 8 aromatic rings. The number of hydrogen-bond donors (Lipinski definition) is 2. The maximum Gasteiger partial charge on any atom is 0.130 e. The highest BCUT2D eigenvalue weighted by Crippen LogP contribution is 2.38. The topological polar surface area (TPSA) is 68.0 Å². The summed E-state index contributed by atoms with van der Waals surface area (Å²) in [6.45, 7) is 9.51. The van der Waals surface area contributed by atoms with Crippen molar-refractivity contribution in [3.63, 3.8) is 0 Å². The van der Waals surface area contributed by atoms with Crippen molar-refractivity contribution in [1.29, 1.82) is 0 Å². The summed E-state index contributed by atoms with van der Waals surface area (Å²) in [5.41, 5.74) is 7.65.